The van der Waals surface area contributed by atoms with Gasteiger partial charge in [-0.1, -0.05) is 59.8 Å². The Balaban J connectivity index is 1.56. The number of carbonyl (C=O) groups excluding carboxylic acids is 1. The Bertz CT molecular complexity index is 1230. The van der Waals surface area contributed by atoms with Crippen molar-refractivity contribution in [3.63, 3.8) is 0 Å². The van der Waals surface area contributed by atoms with Gasteiger partial charge in [0, 0.05) is 21.8 Å². The van der Waals surface area contributed by atoms with Gasteiger partial charge in [-0.05, 0) is 56.7 Å². The first-order valence-corrected chi connectivity index (χ1v) is 11.6. The third-order valence-electron chi connectivity index (χ3n) is 5.29. The summed E-state index contributed by atoms with van der Waals surface area (Å²) in [6.45, 7) is 2.07. The summed E-state index contributed by atoms with van der Waals surface area (Å²) in [7, 11) is 3.99. The van der Waals surface area contributed by atoms with Crippen molar-refractivity contribution in [1.29, 1.82) is 0 Å². The minimum atomic E-state index is -0.0979. The smallest absolute Gasteiger partial charge is 0.234 e. The topological polar surface area (TPSA) is 63.1 Å². The number of fused-ring (bicyclic) bond motifs is 1. The SMILES string of the molecule is CC(c1nnc(SCC(=O)Nc2cccc3ccccc23)n1-c1ccc(Cl)cc1)N(C)C. The van der Waals surface area contributed by atoms with Crippen LogP contribution < -0.4 is 5.32 Å². The monoisotopic (exact) mass is 465 g/mol. The number of hydrogen-bond acceptors (Lipinski definition) is 5. The van der Waals surface area contributed by atoms with Crippen LogP contribution in [0.1, 0.15) is 18.8 Å². The minimum absolute atomic E-state index is 0.0389. The van der Waals surface area contributed by atoms with E-state index in [1.54, 1.807) is 0 Å². The van der Waals surface area contributed by atoms with Crippen molar-refractivity contribution in [3.8, 4) is 5.69 Å². The number of halogens is 1. The number of rotatable bonds is 7. The normalized spacial score (nSPS) is 12.3. The molecule has 0 bridgehead atoms. The fraction of sp³-hybridized carbons (Fsp3) is 0.208. The van der Waals surface area contributed by atoms with Gasteiger partial charge < -0.3 is 5.32 Å². The Morgan fingerprint density at radius 2 is 1.78 bits per heavy atom. The molecule has 1 amide bonds. The highest BCUT2D eigenvalue weighted by Gasteiger charge is 2.21. The van der Waals surface area contributed by atoms with E-state index in [1.807, 2.05) is 85.4 Å². The highest BCUT2D eigenvalue weighted by Crippen LogP contribution is 2.28. The number of benzene rings is 3. The van der Waals surface area contributed by atoms with Gasteiger partial charge in [-0.2, -0.15) is 0 Å². The van der Waals surface area contributed by atoms with E-state index in [0.29, 0.717) is 10.2 Å². The van der Waals surface area contributed by atoms with Crippen LogP contribution in [0.25, 0.3) is 16.5 Å². The number of nitrogens with one attached hydrogen (secondary N) is 1. The molecule has 8 heteroatoms. The fourth-order valence-electron chi connectivity index (χ4n) is 3.36. The van der Waals surface area contributed by atoms with Crippen LogP contribution in [0.4, 0.5) is 5.69 Å². The van der Waals surface area contributed by atoms with Crippen molar-refractivity contribution in [2.24, 2.45) is 0 Å². The van der Waals surface area contributed by atoms with Crippen molar-refractivity contribution in [2.75, 3.05) is 25.2 Å². The lowest BCUT2D eigenvalue weighted by Gasteiger charge is -2.20. The van der Waals surface area contributed by atoms with Crippen LogP contribution in [0.15, 0.2) is 71.9 Å². The summed E-state index contributed by atoms with van der Waals surface area (Å²) in [6, 6.07) is 21.4. The van der Waals surface area contributed by atoms with Gasteiger partial charge in [0.1, 0.15) is 0 Å². The lowest BCUT2D eigenvalue weighted by Crippen LogP contribution is -2.21. The predicted octanol–water partition coefficient (Wildman–Crippen LogP) is 5.43. The number of thioether (sulfide) groups is 1. The van der Waals surface area contributed by atoms with Crippen molar-refractivity contribution in [2.45, 2.75) is 18.1 Å². The maximum Gasteiger partial charge on any atom is 0.234 e. The molecule has 1 aromatic heterocycles. The molecule has 164 valence electrons. The Morgan fingerprint density at radius 3 is 2.53 bits per heavy atom. The Morgan fingerprint density at radius 1 is 1.06 bits per heavy atom. The van der Waals surface area contributed by atoms with Gasteiger partial charge in [0.05, 0.1) is 11.8 Å². The number of hydrogen-bond donors (Lipinski definition) is 1. The molecule has 1 atom stereocenters. The maximum atomic E-state index is 12.8. The summed E-state index contributed by atoms with van der Waals surface area (Å²) >= 11 is 7.43. The number of anilines is 1. The Labute approximate surface area is 196 Å². The number of nitrogens with zero attached hydrogens (tertiary/aromatic N) is 4. The zero-order valence-corrected chi connectivity index (χ0v) is 19.7. The van der Waals surface area contributed by atoms with Crippen LogP contribution >= 0.6 is 23.4 Å². The predicted molar refractivity (Wildman–Crippen MR) is 132 cm³/mol. The molecule has 0 radical (unpaired) electrons. The molecule has 0 fully saturated rings. The highest BCUT2D eigenvalue weighted by molar-refractivity contribution is 7.99. The molecule has 0 aliphatic heterocycles. The first-order valence-electron chi connectivity index (χ1n) is 10.2. The van der Waals surface area contributed by atoms with Crippen LogP contribution in [0.5, 0.6) is 0 Å². The molecule has 32 heavy (non-hydrogen) atoms. The first kappa shape index (κ1) is 22.3. The number of aromatic nitrogens is 3. The van der Waals surface area contributed by atoms with Gasteiger partial charge in [0.15, 0.2) is 11.0 Å². The summed E-state index contributed by atoms with van der Waals surface area (Å²) in [4.78, 5) is 14.8. The summed E-state index contributed by atoms with van der Waals surface area (Å²) in [5.41, 5.74) is 1.70. The second-order valence-corrected chi connectivity index (χ2v) is 9.03. The van der Waals surface area contributed by atoms with Gasteiger partial charge in [0.2, 0.25) is 5.91 Å². The molecule has 4 rings (SSSR count). The van der Waals surface area contributed by atoms with Crippen molar-refractivity contribution in [1.82, 2.24) is 19.7 Å². The molecule has 0 spiro atoms. The minimum Gasteiger partial charge on any atom is -0.325 e. The zero-order chi connectivity index (χ0) is 22.7. The number of carbonyl (C=O) groups is 1. The van der Waals surface area contributed by atoms with Crippen molar-refractivity contribution in [3.05, 3.63) is 77.6 Å². The van der Waals surface area contributed by atoms with Gasteiger partial charge in [-0.15, -0.1) is 10.2 Å². The quantitative estimate of drug-likeness (QED) is 0.369. The molecule has 0 aliphatic carbocycles. The molecule has 6 nitrogen and oxygen atoms in total. The zero-order valence-electron chi connectivity index (χ0n) is 18.1. The Kier molecular flexibility index (Phi) is 6.79. The summed E-state index contributed by atoms with van der Waals surface area (Å²) in [6.07, 6.45) is 0. The van der Waals surface area contributed by atoms with E-state index in [4.69, 9.17) is 11.6 Å². The average Bonchev–Trinajstić information content (AvgIpc) is 3.21. The second-order valence-electron chi connectivity index (χ2n) is 7.66. The van der Waals surface area contributed by atoms with Gasteiger partial charge in [-0.3, -0.25) is 14.3 Å². The third-order valence-corrected chi connectivity index (χ3v) is 6.47. The van der Waals surface area contributed by atoms with E-state index in [0.717, 1.165) is 28.0 Å². The third kappa shape index (κ3) is 4.80. The van der Waals surface area contributed by atoms with Crippen LogP contribution in [0.2, 0.25) is 5.02 Å². The van der Waals surface area contributed by atoms with E-state index in [9.17, 15) is 4.79 Å². The summed E-state index contributed by atoms with van der Waals surface area (Å²) in [5.74, 6) is 0.916. The first-order chi connectivity index (χ1) is 15.4. The van der Waals surface area contributed by atoms with E-state index < -0.39 is 0 Å². The molecule has 1 unspecified atom stereocenters. The van der Waals surface area contributed by atoms with Crippen molar-refractivity contribution < 1.29 is 4.79 Å². The standard InChI is InChI=1S/C24H24ClN5OS/c1-16(29(2)3)23-27-28-24(30(23)19-13-11-18(25)12-14-19)32-15-22(31)26-21-10-6-8-17-7-4-5-9-20(17)21/h4-14,16H,15H2,1-3H3,(H,26,31). The van der Waals surface area contributed by atoms with Crippen LogP contribution in [-0.4, -0.2) is 45.4 Å². The van der Waals surface area contributed by atoms with E-state index in [2.05, 4.69) is 27.3 Å². The van der Waals surface area contributed by atoms with E-state index in [1.165, 1.54) is 11.8 Å². The second kappa shape index (κ2) is 9.73. The Hall–Kier alpha value is -2.87. The average molecular weight is 466 g/mol. The fourth-order valence-corrected chi connectivity index (χ4v) is 4.24. The lowest BCUT2D eigenvalue weighted by atomic mass is 10.1. The molecular weight excluding hydrogens is 442 g/mol. The molecular formula is C24H24ClN5OS. The van der Waals surface area contributed by atoms with E-state index in [-0.39, 0.29) is 17.7 Å². The van der Waals surface area contributed by atoms with Crippen LogP contribution in [0.3, 0.4) is 0 Å². The van der Waals surface area contributed by atoms with Crippen molar-refractivity contribution >= 4 is 45.7 Å². The van der Waals surface area contributed by atoms with Gasteiger partial charge >= 0.3 is 0 Å². The lowest BCUT2D eigenvalue weighted by molar-refractivity contribution is -0.113. The van der Waals surface area contributed by atoms with Gasteiger partial charge in [-0.25, -0.2) is 0 Å². The maximum absolute atomic E-state index is 12.8. The van der Waals surface area contributed by atoms with E-state index >= 15 is 0 Å². The largest absolute Gasteiger partial charge is 0.325 e. The van der Waals surface area contributed by atoms with Crippen LogP contribution in [-0.2, 0) is 4.79 Å². The molecule has 0 saturated heterocycles. The molecule has 0 aliphatic rings. The van der Waals surface area contributed by atoms with Crippen LogP contribution in [0, 0.1) is 0 Å². The summed E-state index contributed by atoms with van der Waals surface area (Å²) < 4.78 is 1.98. The molecule has 1 heterocycles. The molecule has 4 aromatic rings. The highest BCUT2D eigenvalue weighted by atomic mass is 35.5. The molecule has 0 saturated carbocycles. The number of amides is 1. The van der Waals surface area contributed by atoms with Gasteiger partial charge in [0.25, 0.3) is 0 Å². The molecule has 3 aromatic carbocycles. The summed E-state index contributed by atoms with van der Waals surface area (Å²) in [5, 5.41) is 15.3. The molecule has 1 N–H and O–H groups in total.